The van der Waals surface area contributed by atoms with Gasteiger partial charge in [-0.05, 0) is 36.8 Å². The molecule has 11 heteroatoms. The van der Waals surface area contributed by atoms with E-state index >= 15 is 0 Å². The maximum absolute atomic E-state index is 13.1. The average Bonchev–Trinajstić information content (AvgIpc) is 3.29. The molecule has 0 atom stereocenters. The fourth-order valence-corrected chi connectivity index (χ4v) is 3.39. The highest BCUT2D eigenvalue weighted by molar-refractivity contribution is 6.19. The molecule has 0 radical (unpaired) electrons. The average molecular weight is 479 g/mol. The number of nitro benzene ring substituents is 1. The van der Waals surface area contributed by atoms with Crippen molar-refractivity contribution in [3.05, 3.63) is 69.0 Å². The number of nitro groups is 1. The van der Waals surface area contributed by atoms with Gasteiger partial charge in [0, 0.05) is 18.6 Å². The van der Waals surface area contributed by atoms with Gasteiger partial charge in [-0.1, -0.05) is 12.1 Å². The molecule has 0 fully saturated rings. The number of para-hydroxylation sites is 1. The van der Waals surface area contributed by atoms with Crippen LogP contribution < -0.4 is 0 Å². The van der Waals surface area contributed by atoms with Crippen LogP contribution in [-0.2, 0) is 23.9 Å². The van der Waals surface area contributed by atoms with E-state index in [0.717, 1.165) is 4.90 Å². The highest BCUT2D eigenvalue weighted by Gasteiger charge is 2.35. The molecule has 1 aromatic heterocycles. The number of ether oxygens (including phenoxy) is 2. The zero-order valence-corrected chi connectivity index (χ0v) is 19.0. The van der Waals surface area contributed by atoms with Crippen LogP contribution >= 0.6 is 0 Å². The second-order valence-corrected chi connectivity index (χ2v) is 7.36. The summed E-state index contributed by atoms with van der Waals surface area (Å²) in [7, 11) is 0. The molecular formula is C24H21N3O8. The van der Waals surface area contributed by atoms with Crippen LogP contribution in [0.5, 0.6) is 0 Å². The monoisotopic (exact) mass is 479 g/mol. The van der Waals surface area contributed by atoms with Crippen LogP contribution in [0.15, 0.2) is 57.5 Å². The lowest BCUT2D eigenvalue weighted by Crippen LogP contribution is -2.44. The highest BCUT2D eigenvalue weighted by atomic mass is 16.6. The fourth-order valence-electron chi connectivity index (χ4n) is 3.39. The van der Waals surface area contributed by atoms with Crippen LogP contribution in [-0.4, -0.2) is 54.0 Å². The number of rotatable bonds is 9. The van der Waals surface area contributed by atoms with E-state index in [-0.39, 0.29) is 65.9 Å². The van der Waals surface area contributed by atoms with E-state index in [9.17, 15) is 29.8 Å². The summed E-state index contributed by atoms with van der Waals surface area (Å²) in [6.07, 6.45) is 1.38. The summed E-state index contributed by atoms with van der Waals surface area (Å²) in [6, 6.07) is 11.0. The van der Waals surface area contributed by atoms with Crippen LogP contribution in [0.2, 0.25) is 0 Å². The first-order chi connectivity index (χ1) is 16.7. The Bertz CT molecular complexity index is 1280. The summed E-state index contributed by atoms with van der Waals surface area (Å²) >= 11 is 0. The Morgan fingerprint density at radius 3 is 2.60 bits per heavy atom. The van der Waals surface area contributed by atoms with E-state index in [1.54, 1.807) is 12.1 Å². The predicted molar refractivity (Wildman–Crippen MR) is 121 cm³/mol. The molecule has 1 aliphatic heterocycles. The molecule has 11 nitrogen and oxygen atoms in total. The third-order valence-electron chi connectivity index (χ3n) is 5.10. The largest absolute Gasteiger partial charge is 0.463 e. The molecule has 0 unspecified atom stereocenters. The molecule has 0 bridgehead atoms. The van der Waals surface area contributed by atoms with Crippen LogP contribution in [0.1, 0.15) is 19.6 Å². The Hall–Kier alpha value is -4.56. The summed E-state index contributed by atoms with van der Waals surface area (Å²) in [5.74, 6) is -1.39. The summed E-state index contributed by atoms with van der Waals surface area (Å²) in [6.45, 7) is 2.73. The number of benzene rings is 1. The molecule has 2 amide bonds. The van der Waals surface area contributed by atoms with Crippen LogP contribution in [0.3, 0.4) is 0 Å². The van der Waals surface area contributed by atoms with Gasteiger partial charge in [-0.25, -0.2) is 0 Å². The number of carbonyl (C=O) groups is 3. The van der Waals surface area contributed by atoms with Gasteiger partial charge in [-0.2, -0.15) is 5.26 Å². The van der Waals surface area contributed by atoms with E-state index in [1.165, 1.54) is 44.2 Å². The standard InChI is InChI=1S/C24H21N3O8/c1-15-19(13-17-7-8-22(35-17)18-5-3-4-6-21(18)27(31)32)23(29)26(24(30)20(15)14-25)9-10-33-11-12-34-16(2)28/h3-8,13H,9-12H2,1-2H3/b19-13+. The molecular weight excluding hydrogens is 458 g/mol. The molecule has 1 aliphatic rings. The normalized spacial score (nSPS) is 14.9. The molecule has 35 heavy (non-hydrogen) atoms. The van der Waals surface area contributed by atoms with Gasteiger partial charge in [-0.3, -0.25) is 29.4 Å². The van der Waals surface area contributed by atoms with Crippen molar-refractivity contribution in [3.63, 3.8) is 0 Å². The maximum Gasteiger partial charge on any atom is 0.302 e. The highest BCUT2D eigenvalue weighted by Crippen LogP contribution is 2.33. The number of nitrogens with zero attached hydrogens (tertiary/aromatic N) is 3. The van der Waals surface area contributed by atoms with E-state index in [0.29, 0.717) is 0 Å². The predicted octanol–water partition coefficient (Wildman–Crippen LogP) is 3.03. The van der Waals surface area contributed by atoms with Gasteiger partial charge >= 0.3 is 5.97 Å². The molecule has 0 spiro atoms. The topological polar surface area (TPSA) is 153 Å². The molecule has 0 N–H and O–H groups in total. The fraction of sp³-hybridized carbons (Fsp3) is 0.250. The summed E-state index contributed by atoms with van der Waals surface area (Å²) in [4.78, 5) is 48.2. The second-order valence-electron chi connectivity index (χ2n) is 7.36. The Labute approximate surface area is 200 Å². The number of amides is 2. The van der Waals surface area contributed by atoms with E-state index in [1.807, 2.05) is 6.07 Å². The maximum atomic E-state index is 13.1. The Morgan fingerprint density at radius 2 is 1.91 bits per heavy atom. The first-order valence-corrected chi connectivity index (χ1v) is 10.5. The lowest BCUT2D eigenvalue weighted by molar-refractivity contribution is -0.384. The lowest BCUT2D eigenvalue weighted by Gasteiger charge is -2.27. The molecule has 0 aliphatic carbocycles. The zero-order valence-electron chi connectivity index (χ0n) is 19.0. The van der Waals surface area contributed by atoms with Gasteiger partial charge < -0.3 is 13.9 Å². The quantitative estimate of drug-likeness (QED) is 0.132. The van der Waals surface area contributed by atoms with E-state index in [4.69, 9.17) is 13.9 Å². The molecule has 0 saturated heterocycles. The molecule has 2 aromatic rings. The number of carbonyl (C=O) groups excluding carboxylic acids is 3. The molecule has 1 aromatic carbocycles. The van der Waals surface area contributed by atoms with Crippen molar-refractivity contribution in [2.24, 2.45) is 0 Å². The smallest absolute Gasteiger partial charge is 0.302 e. The number of hydrogen-bond donors (Lipinski definition) is 0. The van der Waals surface area contributed by atoms with Crippen molar-refractivity contribution in [3.8, 4) is 17.4 Å². The van der Waals surface area contributed by atoms with E-state index < -0.39 is 22.7 Å². The summed E-state index contributed by atoms with van der Waals surface area (Å²) in [5.41, 5.74) is 0.205. The Kier molecular flexibility index (Phi) is 7.91. The lowest BCUT2D eigenvalue weighted by atomic mass is 9.94. The third-order valence-corrected chi connectivity index (χ3v) is 5.10. The van der Waals surface area contributed by atoms with Crippen molar-refractivity contribution >= 4 is 29.5 Å². The zero-order chi connectivity index (χ0) is 25.5. The van der Waals surface area contributed by atoms with E-state index in [2.05, 4.69) is 0 Å². The minimum absolute atomic E-state index is 0.0215. The van der Waals surface area contributed by atoms with Crippen molar-refractivity contribution in [2.45, 2.75) is 13.8 Å². The van der Waals surface area contributed by atoms with Gasteiger partial charge in [0.25, 0.3) is 17.5 Å². The van der Waals surface area contributed by atoms with Crippen LogP contribution in [0.4, 0.5) is 5.69 Å². The Morgan fingerprint density at radius 1 is 1.17 bits per heavy atom. The number of hydrogen-bond acceptors (Lipinski definition) is 9. The first-order valence-electron chi connectivity index (χ1n) is 10.5. The minimum atomic E-state index is -0.740. The second kappa shape index (κ2) is 11.0. The van der Waals surface area contributed by atoms with Crippen molar-refractivity contribution in [1.82, 2.24) is 4.90 Å². The molecule has 3 rings (SSSR count). The van der Waals surface area contributed by atoms with Gasteiger partial charge in [-0.15, -0.1) is 0 Å². The van der Waals surface area contributed by atoms with Gasteiger partial charge in [0.1, 0.15) is 29.8 Å². The minimum Gasteiger partial charge on any atom is -0.463 e. The molecule has 180 valence electrons. The number of nitriles is 1. The number of furan rings is 1. The van der Waals surface area contributed by atoms with Gasteiger partial charge in [0.05, 0.1) is 30.2 Å². The first kappa shape index (κ1) is 25.1. The number of esters is 1. The van der Waals surface area contributed by atoms with Crippen molar-refractivity contribution in [1.29, 1.82) is 5.26 Å². The van der Waals surface area contributed by atoms with Gasteiger partial charge in [0.15, 0.2) is 0 Å². The summed E-state index contributed by atoms with van der Waals surface area (Å²) < 4.78 is 15.8. The van der Waals surface area contributed by atoms with Gasteiger partial charge in [0.2, 0.25) is 0 Å². The number of imide groups is 1. The third kappa shape index (κ3) is 5.69. The molecule has 0 saturated carbocycles. The molecule has 2 heterocycles. The summed E-state index contributed by atoms with van der Waals surface area (Å²) in [5, 5.41) is 20.8. The SMILES string of the molecule is CC(=O)OCCOCCN1C(=O)C(C#N)=C(C)/C(=C\c2ccc(-c3ccccc3[N+](=O)[O-])o2)C1=O. The Balaban J connectivity index is 1.84. The van der Waals surface area contributed by atoms with Crippen molar-refractivity contribution < 1.29 is 33.2 Å². The van der Waals surface area contributed by atoms with Crippen molar-refractivity contribution in [2.75, 3.05) is 26.4 Å². The van der Waals surface area contributed by atoms with Crippen LogP contribution in [0, 0.1) is 21.4 Å². The van der Waals surface area contributed by atoms with Crippen LogP contribution in [0.25, 0.3) is 17.4 Å².